The van der Waals surface area contributed by atoms with Gasteiger partial charge in [0.05, 0.1) is 19.8 Å². The van der Waals surface area contributed by atoms with E-state index in [1.165, 1.54) is 0 Å². The summed E-state index contributed by atoms with van der Waals surface area (Å²) in [4.78, 5) is 0. The molecule has 1 aromatic carbocycles. The van der Waals surface area contributed by atoms with Crippen LogP contribution >= 0.6 is 0 Å². The van der Waals surface area contributed by atoms with Crippen molar-refractivity contribution in [3.63, 3.8) is 0 Å². The van der Waals surface area contributed by atoms with Crippen LogP contribution in [0.5, 0.6) is 5.75 Å². The molecule has 3 saturated heterocycles. The standard InChI is InChI=1S/C22H32O7/c1-6-11-23-15-9-7-14(8-10-15)12-24-18-17(16-13-25-21(2,3)27-16)26-20-19(18)28-22(4,5)29-20/h7-10,16-20H,6,11-13H2,1-5H3/t16?,17-,18+,19-,20-/m1/s1. The lowest BCUT2D eigenvalue weighted by Crippen LogP contribution is -2.44. The van der Waals surface area contributed by atoms with Gasteiger partial charge in [-0.15, -0.1) is 0 Å². The Morgan fingerprint density at radius 1 is 0.966 bits per heavy atom. The van der Waals surface area contributed by atoms with Crippen LogP contribution in [0.25, 0.3) is 0 Å². The zero-order chi connectivity index (χ0) is 20.6. The maximum absolute atomic E-state index is 6.30. The van der Waals surface area contributed by atoms with Crippen molar-refractivity contribution in [3.8, 4) is 5.75 Å². The molecular weight excluding hydrogens is 376 g/mol. The van der Waals surface area contributed by atoms with Crippen molar-refractivity contribution in [1.29, 1.82) is 0 Å². The maximum atomic E-state index is 6.30. The van der Waals surface area contributed by atoms with Gasteiger partial charge in [0.2, 0.25) is 0 Å². The topological polar surface area (TPSA) is 64.6 Å². The van der Waals surface area contributed by atoms with Gasteiger partial charge < -0.3 is 33.2 Å². The summed E-state index contributed by atoms with van der Waals surface area (Å²) < 4.78 is 41.9. The van der Waals surface area contributed by atoms with Crippen LogP contribution in [0.1, 0.15) is 46.6 Å². The Labute approximate surface area is 172 Å². The zero-order valence-electron chi connectivity index (χ0n) is 17.9. The Bertz CT molecular complexity index is 687. The van der Waals surface area contributed by atoms with Gasteiger partial charge in [0, 0.05) is 0 Å². The van der Waals surface area contributed by atoms with E-state index in [0.717, 1.165) is 17.7 Å². The van der Waals surface area contributed by atoms with Crippen LogP contribution in [0.4, 0.5) is 0 Å². The fourth-order valence-corrected chi connectivity index (χ4v) is 3.96. The third kappa shape index (κ3) is 4.76. The molecule has 3 aliphatic rings. The van der Waals surface area contributed by atoms with Crippen molar-refractivity contribution in [2.24, 2.45) is 0 Å². The fourth-order valence-electron chi connectivity index (χ4n) is 3.96. The number of benzene rings is 1. The largest absolute Gasteiger partial charge is 0.494 e. The Balaban J connectivity index is 1.43. The molecule has 0 radical (unpaired) electrons. The Hall–Kier alpha value is -1.22. The average Bonchev–Trinajstić information content (AvgIpc) is 3.28. The van der Waals surface area contributed by atoms with Crippen LogP contribution in [0.15, 0.2) is 24.3 Å². The first kappa shape index (κ1) is 21.0. The first-order valence-corrected chi connectivity index (χ1v) is 10.4. The molecule has 0 bridgehead atoms. The van der Waals surface area contributed by atoms with E-state index in [4.69, 9.17) is 33.2 Å². The van der Waals surface area contributed by atoms with E-state index in [1.54, 1.807) is 0 Å². The van der Waals surface area contributed by atoms with Gasteiger partial charge in [-0.25, -0.2) is 0 Å². The number of rotatable bonds is 7. The molecule has 0 spiro atoms. The van der Waals surface area contributed by atoms with Crippen molar-refractivity contribution in [2.75, 3.05) is 13.2 Å². The van der Waals surface area contributed by atoms with E-state index in [0.29, 0.717) is 19.8 Å². The van der Waals surface area contributed by atoms with Crippen molar-refractivity contribution in [3.05, 3.63) is 29.8 Å². The highest BCUT2D eigenvalue weighted by molar-refractivity contribution is 5.26. The summed E-state index contributed by atoms with van der Waals surface area (Å²) in [6.07, 6.45) is -0.679. The molecule has 0 aromatic heterocycles. The monoisotopic (exact) mass is 408 g/mol. The van der Waals surface area contributed by atoms with Crippen LogP contribution < -0.4 is 4.74 Å². The van der Waals surface area contributed by atoms with E-state index in [-0.39, 0.29) is 24.4 Å². The quantitative estimate of drug-likeness (QED) is 0.685. The summed E-state index contributed by atoms with van der Waals surface area (Å²) in [6, 6.07) is 7.96. The van der Waals surface area contributed by atoms with E-state index in [1.807, 2.05) is 52.0 Å². The first-order valence-electron chi connectivity index (χ1n) is 10.4. The van der Waals surface area contributed by atoms with Crippen molar-refractivity contribution in [2.45, 2.75) is 89.9 Å². The van der Waals surface area contributed by atoms with Crippen molar-refractivity contribution >= 4 is 0 Å². The Morgan fingerprint density at radius 2 is 1.72 bits per heavy atom. The van der Waals surface area contributed by atoms with Crippen LogP contribution in [-0.2, 0) is 35.0 Å². The predicted molar refractivity (Wildman–Crippen MR) is 104 cm³/mol. The van der Waals surface area contributed by atoms with Crippen LogP contribution in [-0.4, -0.2) is 55.5 Å². The summed E-state index contributed by atoms with van der Waals surface area (Å²) >= 11 is 0. The minimum Gasteiger partial charge on any atom is -0.494 e. The van der Waals surface area contributed by atoms with Gasteiger partial charge in [-0.3, -0.25) is 0 Å². The molecular formula is C22H32O7. The molecule has 3 fully saturated rings. The second-order valence-corrected chi connectivity index (χ2v) is 8.70. The van der Waals surface area contributed by atoms with Crippen molar-refractivity contribution < 1.29 is 33.2 Å². The number of ether oxygens (including phenoxy) is 7. The Morgan fingerprint density at radius 3 is 2.38 bits per heavy atom. The number of fused-ring (bicyclic) bond motifs is 1. The highest BCUT2D eigenvalue weighted by Gasteiger charge is 2.58. The van der Waals surface area contributed by atoms with Crippen molar-refractivity contribution in [1.82, 2.24) is 0 Å². The molecule has 7 heteroatoms. The summed E-state index contributed by atoms with van der Waals surface area (Å²) in [5, 5.41) is 0. The van der Waals surface area contributed by atoms with E-state index in [2.05, 4.69) is 6.92 Å². The third-order valence-electron chi connectivity index (χ3n) is 5.26. The number of hydrogen-bond acceptors (Lipinski definition) is 7. The van der Waals surface area contributed by atoms with Crippen LogP contribution in [0.2, 0.25) is 0 Å². The Kier molecular flexibility index (Phi) is 5.90. The number of hydrogen-bond donors (Lipinski definition) is 0. The molecule has 162 valence electrons. The zero-order valence-corrected chi connectivity index (χ0v) is 17.9. The molecule has 0 N–H and O–H groups in total. The summed E-state index contributed by atoms with van der Waals surface area (Å²) in [5.74, 6) is -0.469. The van der Waals surface area contributed by atoms with Gasteiger partial charge in [-0.1, -0.05) is 19.1 Å². The first-order chi connectivity index (χ1) is 13.8. The fraction of sp³-hybridized carbons (Fsp3) is 0.727. The van der Waals surface area contributed by atoms with E-state index >= 15 is 0 Å². The van der Waals surface area contributed by atoms with Crippen LogP contribution in [0, 0.1) is 0 Å². The lowest BCUT2D eigenvalue weighted by atomic mass is 10.1. The van der Waals surface area contributed by atoms with Gasteiger partial charge in [-0.05, 0) is 51.8 Å². The third-order valence-corrected chi connectivity index (χ3v) is 5.26. The molecule has 3 aliphatic heterocycles. The van der Waals surface area contributed by atoms with Crippen LogP contribution in [0.3, 0.4) is 0 Å². The molecule has 7 nitrogen and oxygen atoms in total. The molecule has 29 heavy (non-hydrogen) atoms. The molecule has 4 rings (SSSR count). The molecule has 0 aliphatic carbocycles. The normalized spacial score (nSPS) is 35.0. The highest BCUT2D eigenvalue weighted by Crippen LogP contribution is 2.42. The molecule has 0 amide bonds. The minimum absolute atomic E-state index is 0.235. The van der Waals surface area contributed by atoms with Gasteiger partial charge in [0.25, 0.3) is 0 Å². The second kappa shape index (κ2) is 8.13. The molecule has 0 saturated carbocycles. The molecule has 1 unspecified atom stereocenters. The highest BCUT2D eigenvalue weighted by atomic mass is 16.8. The molecule has 3 heterocycles. The molecule has 1 aromatic rings. The van der Waals surface area contributed by atoms with E-state index in [9.17, 15) is 0 Å². The predicted octanol–water partition coefficient (Wildman–Crippen LogP) is 3.39. The average molecular weight is 408 g/mol. The summed E-state index contributed by atoms with van der Waals surface area (Å²) in [7, 11) is 0. The summed E-state index contributed by atoms with van der Waals surface area (Å²) in [5.41, 5.74) is 1.05. The van der Waals surface area contributed by atoms with Gasteiger partial charge >= 0.3 is 0 Å². The minimum atomic E-state index is -0.702. The second-order valence-electron chi connectivity index (χ2n) is 8.70. The van der Waals surface area contributed by atoms with Gasteiger partial charge in [0.15, 0.2) is 17.9 Å². The lowest BCUT2D eigenvalue weighted by molar-refractivity contribution is -0.236. The SMILES string of the molecule is CCCOc1ccc(CO[C@@H]2[C@H]3OC(C)(C)O[C@H]3O[C@@H]2C2COC(C)(C)O2)cc1. The van der Waals surface area contributed by atoms with E-state index < -0.39 is 17.9 Å². The maximum Gasteiger partial charge on any atom is 0.190 e. The smallest absolute Gasteiger partial charge is 0.190 e. The summed E-state index contributed by atoms with van der Waals surface area (Å²) in [6.45, 7) is 11.3. The van der Waals surface area contributed by atoms with Gasteiger partial charge in [0.1, 0.15) is 30.2 Å². The van der Waals surface area contributed by atoms with Gasteiger partial charge in [-0.2, -0.15) is 0 Å². The molecule has 5 atom stereocenters. The lowest BCUT2D eigenvalue weighted by Gasteiger charge is -2.29.